The van der Waals surface area contributed by atoms with Gasteiger partial charge in [-0.2, -0.15) is 5.10 Å². The maximum Gasteiger partial charge on any atom is 0.205 e. The van der Waals surface area contributed by atoms with E-state index in [4.69, 9.17) is 9.47 Å². The topological polar surface area (TPSA) is 102 Å². The highest BCUT2D eigenvalue weighted by Crippen LogP contribution is 2.26. The number of carbonyl (C=O) groups is 1. The molecule has 0 amide bonds. The fraction of sp³-hybridized carbons (Fsp3) is 0.409. The molecule has 0 radical (unpaired) electrons. The number of aromatic nitrogens is 4. The van der Waals surface area contributed by atoms with E-state index in [1.54, 1.807) is 13.3 Å². The van der Waals surface area contributed by atoms with E-state index in [0.717, 1.165) is 42.2 Å². The summed E-state index contributed by atoms with van der Waals surface area (Å²) in [7, 11) is 3.14. The van der Waals surface area contributed by atoms with Gasteiger partial charge in [0.2, 0.25) is 5.13 Å². The number of benzene rings is 1. The molecular formula is C22H26N6O3S. The van der Waals surface area contributed by atoms with E-state index in [1.165, 1.54) is 18.4 Å². The van der Waals surface area contributed by atoms with Crippen LogP contribution in [0.2, 0.25) is 0 Å². The number of anilines is 2. The molecular weight excluding hydrogens is 428 g/mol. The van der Waals surface area contributed by atoms with E-state index in [1.807, 2.05) is 37.3 Å². The standard InChI is InChI=1S/C22H26N6O3S/c1-14-10-19(25-23-12-14)28-9-8-16(13-28)24-22-27-26-20(32-22)11-18(29)21(31-3)15-4-6-17(30-2)7-5-15/h4-7,10,12,16,21H,8-9,11,13H2,1-3H3,(H,24,27)/t16-,21-/m1/s1. The SMILES string of the molecule is COc1ccc([C@@H](OC)C(=O)Cc2nnc(N[C@@H]3CCN(c4cc(C)cnn4)C3)s2)cc1. The molecule has 2 atom stereocenters. The Morgan fingerprint density at radius 3 is 2.78 bits per heavy atom. The largest absolute Gasteiger partial charge is 0.497 e. The first-order valence-electron chi connectivity index (χ1n) is 10.4. The summed E-state index contributed by atoms with van der Waals surface area (Å²) in [6, 6.07) is 9.58. The molecule has 0 aliphatic carbocycles. The number of methoxy groups -OCH3 is 2. The average Bonchev–Trinajstić information content (AvgIpc) is 3.44. The van der Waals surface area contributed by atoms with E-state index in [2.05, 4.69) is 30.6 Å². The van der Waals surface area contributed by atoms with Gasteiger partial charge in [-0.1, -0.05) is 23.5 Å². The smallest absolute Gasteiger partial charge is 0.205 e. The highest BCUT2D eigenvalue weighted by atomic mass is 32.1. The molecule has 3 heterocycles. The van der Waals surface area contributed by atoms with Crippen LogP contribution in [0.3, 0.4) is 0 Å². The van der Waals surface area contributed by atoms with Crippen LogP contribution in [-0.2, 0) is 16.0 Å². The van der Waals surface area contributed by atoms with E-state index in [9.17, 15) is 4.79 Å². The summed E-state index contributed by atoms with van der Waals surface area (Å²) in [5.74, 6) is 1.56. The Morgan fingerprint density at radius 1 is 1.25 bits per heavy atom. The molecule has 0 bridgehead atoms. The molecule has 0 unspecified atom stereocenters. The molecule has 4 rings (SSSR count). The van der Waals surface area contributed by atoms with Gasteiger partial charge in [-0.3, -0.25) is 4.79 Å². The number of carbonyl (C=O) groups excluding carboxylic acids is 1. The van der Waals surface area contributed by atoms with Crippen LogP contribution in [0.25, 0.3) is 0 Å². The minimum Gasteiger partial charge on any atom is -0.497 e. The average molecular weight is 455 g/mol. The number of ketones is 1. The van der Waals surface area contributed by atoms with E-state index in [-0.39, 0.29) is 18.2 Å². The molecule has 168 valence electrons. The minimum atomic E-state index is -0.653. The van der Waals surface area contributed by atoms with Crippen molar-refractivity contribution in [2.75, 3.05) is 37.5 Å². The monoisotopic (exact) mass is 454 g/mol. The second kappa shape index (κ2) is 10.0. The van der Waals surface area contributed by atoms with Crippen LogP contribution in [-0.4, -0.2) is 59.5 Å². The van der Waals surface area contributed by atoms with Gasteiger partial charge in [-0.05, 0) is 42.7 Å². The number of Topliss-reactive ketones (excluding diaryl/α,β-unsaturated/α-hetero) is 1. The second-order valence-electron chi connectivity index (χ2n) is 7.70. The van der Waals surface area contributed by atoms with Crippen molar-refractivity contribution < 1.29 is 14.3 Å². The number of ether oxygens (including phenoxy) is 2. The van der Waals surface area contributed by atoms with Crippen molar-refractivity contribution in [3.8, 4) is 5.75 Å². The van der Waals surface area contributed by atoms with Crippen molar-refractivity contribution in [3.63, 3.8) is 0 Å². The van der Waals surface area contributed by atoms with Gasteiger partial charge in [-0.25, -0.2) is 0 Å². The summed E-state index contributed by atoms with van der Waals surface area (Å²) >= 11 is 1.40. The summed E-state index contributed by atoms with van der Waals surface area (Å²) in [6.07, 6.45) is 2.23. The summed E-state index contributed by atoms with van der Waals surface area (Å²) in [5, 5.41) is 21.5. The molecule has 1 N–H and O–H groups in total. The fourth-order valence-electron chi connectivity index (χ4n) is 3.72. The van der Waals surface area contributed by atoms with Crippen LogP contribution in [0.15, 0.2) is 36.5 Å². The van der Waals surface area contributed by atoms with Crippen molar-refractivity contribution in [1.29, 1.82) is 0 Å². The Hall–Kier alpha value is -3.11. The van der Waals surface area contributed by atoms with E-state index >= 15 is 0 Å². The Bertz CT molecular complexity index is 1060. The molecule has 3 aromatic rings. The highest BCUT2D eigenvalue weighted by Gasteiger charge is 2.26. The first-order chi connectivity index (χ1) is 15.6. The van der Waals surface area contributed by atoms with Crippen molar-refractivity contribution in [1.82, 2.24) is 20.4 Å². The van der Waals surface area contributed by atoms with Crippen LogP contribution < -0.4 is 15.0 Å². The van der Waals surface area contributed by atoms with Gasteiger partial charge in [0, 0.05) is 26.2 Å². The fourth-order valence-corrected chi connectivity index (χ4v) is 4.55. The minimum absolute atomic E-state index is 0.0644. The van der Waals surface area contributed by atoms with Gasteiger partial charge >= 0.3 is 0 Å². The number of aryl methyl sites for hydroxylation is 1. The molecule has 9 nitrogen and oxygen atoms in total. The van der Waals surface area contributed by atoms with Crippen LogP contribution in [0, 0.1) is 6.92 Å². The lowest BCUT2D eigenvalue weighted by atomic mass is 10.0. The molecule has 1 aliphatic heterocycles. The van der Waals surface area contributed by atoms with Gasteiger partial charge in [0.15, 0.2) is 11.6 Å². The molecule has 1 fully saturated rings. The van der Waals surface area contributed by atoms with Crippen LogP contribution in [0.5, 0.6) is 5.75 Å². The summed E-state index contributed by atoms with van der Waals surface area (Å²) in [5.41, 5.74) is 1.88. The normalized spacial score (nSPS) is 16.7. The zero-order valence-corrected chi connectivity index (χ0v) is 19.1. The lowest BCUT2D eigenvalue weighted by Crippen LogP contribution is -2.26. The lowest BCUT2D eigenvalue weighted by molar-refractivity contribution is -0.128. The third kappa shape index (κ3) is 5.20. The van der Waals surface area contributed by atoms with Gasteiger partial charge in [-0.15, -0.1) is 15.3 Å². The predicted molar refractivity (Wildman–Crippen MR) is 122 cm³/mol. The lowest BCUT2D eigenvalue weighted by Gasteiger charge is -2.17. The zero-order valence-electron chi connectivity index (χ0n) is 18.3. The summed E-state index contributed by atoms with van der Waals surface area (Å²) in [4.78, 5) is 15.0. The molecule has 10 heteroatoms. The zero-order chi connectivity index (χ0) is 22.5. The first-order valence-corrected chi connectivity index (χ1v) is 11.2. The predicted octanol–water partition coefficient (Wildman–Crippen LogP) is 2.84. The first kappa shape index (κ1) is 22.1. The van der Waals surface area contributed by atoms with Gasteiger partial charge < -0.3 is 19.7 Å². The third-order valence-electron chi connectivity index (χ3n) is 5.36. The van der Waals surface area contributed by atoms with Crippen LogP contribution >= 0.6 is 11.3 Å². The van der Waals surface area contributed by atoms with E-state index < -0.39 is 6.10 Å². The van der Waals surface area contributed by atoms with Gasteiger partial charge in [0.1, 0.15) is 16.9 Å². The Balaban J connectivity index is 1.33. The van der Waals surface area contributed by atoms with Crippen molar-refractivity contribution >= 4 is 28.1 Å². The maximum atomic E-state index is 12.8. The molecule has 0 saturated carbocycles. The number of nitrogens with one attached hydrogen (secondary N) is 1. The van der Waals surface area contributed by atoms with Crippen molar-refractivity contribution in [3.05, 3.63) is 52.7 Å². The molecule has 1 saturated heterocycles. The van der Waals surface area contributed by atoms with E-state index in [0.29, 0.717) is 10.1 Å². The quantitative estimate of drug-likeness (QED) is 0.523. The number of rotatable bonds is 9. The Kier molecular flexibility index (Phi) is 6.91. The third-order valence-corrected chi connectivity index (χ3v) is 6.21. The summed E-state index contributed by atoms with van der Waals surface area (Å²) < 4.78 is 10.6. The van der Waals surface area contributed by atoms with Crippen LogP contribution in [0.1, 0.15) is 28.7 Å². The number of nitrogens with zero attached hydrogens (tertiary/aromatic N) is 5. The molecule has 1 aliphatic rings. The van der Waals surface area contributed by atoms with Gasteiger partial charge in [0.05, 0.1) is 19.7 Å². The Labute approximate surface area is 190 Å². The van der Waals surface area contributed by atoms with Crippen LogP contribution in [0.4, 0.5) is 10.9 Å². The molecule has 2 aromatic heterocycles. The molecule has 1 aromatic carbocycles. The Morgan fingerprint density at radius 2 is 2.06 bits per heavy atom. The number of hydrogen-bond donors (Lipinski definition) is 1. The van der Waals surface area contributed by atoms with Gasteiger partial charge in [0.25, 0.3) is 0 Å². The second-order valence-corrected chi connectivity index (χ2v) is 8.76. The number of hydrogen-bond acceptors (Lipinski definition) is 10. The van der Waals surface area contributed by atoms with Crippen molar-refractivity contribution in [2.45, 2.75) is 31.9 Å². The maximum absolute atomic E-state index is 12.8. The summed E-state index contributed by atoms with van der Waals surface area (Å²) in [6.45, 7) is 3.73. The molecule has 0 spiro atoms. The molecule has 32 heavy (non-hydrogen) atoms. The highest BCUT2D eigenvalue weighted by molar-refractivity contribution is 7.15. The van der Waals surface area contributed by atoms with Crippen molar-refractivity contribution in [2.24, 2.45) is 0 Å².